The van der Waals surface area contributed by atoms with Crippen LogP contribution in [0.2, 0.25) is 0 Å². The van der Waals surface area contributed by atoms with Crippen molar-refractivity contribution in [1.29, 1.82) is 0 Å². The SMILES string of the molecule is CC(C)C[C@H](N)C(=O)NCC(C)N1CCc2sccc2C1. The standard InChI is InChI=1S/C16H27N3OS/c1-11(2)8-14(17)16(20)18-9-12(3)19-6-4-15-13(10-19)5-7-21-15/h5,7,11-12,14H,4,6,8-10,17H2,1-3H3,(H,18,20)/t12?,14-/m0/s1. The lowest BCUT2D eigenvalue weighted by molar-refractivity contribution is -0.122. The highest BCUT2D eigenvalue weighted by Crippen LogP contribution is 2.24. The minimum absolute atomic E-state index is 0.0243. The van der Waals surface area contributed by atoms with Gasteiger partial charge < -0.3 is 11.1 Å². The van der Waals surface area contributed by atoms with E-state index in [0.29, 0.717) is 18.5 Å². The normalized spacial score (nSPS) is 18.3. The Morgan fingerprint density at radius 1 is 1.48 bits per heavy atom. The predicted molar refractivity (Wildman–Crippen MR) is 88.3 cm³/mol. The van der Waals surface area contributed by atoms with Gasteiger partial charge in [-0.05, 0) is 42.7 Å². The summed E-state index contributed by atoms with van der Waals surface area (Å²) in [7, 11) is 0. The summed E-state index contributed by atoms with van der Waals surface area (Å²) in [5, 5.41) is 5.17. The van der Waals surface area contributed by atoms with Gasteiger partial charge in [0.25, 0.3) is 0 Å². The van der Waals surface area contributed by atoms with Crippen LogP contribution >= 0.6 is 11.3 Å². The van der Waals surface area contributed by atoms with Crippen molar-refractivity contribution in [2.75, 3.05) is 13.1 Å². The van der Waals surface area contributed by atoms with Crippen LogP contribution in [0, 0.1) is 5.92 Å². The molecule has 2 atom stereocenters. The van der Waals surface area contributed by atoms with Gasteiger partial charge >= 0.3 is 0 Å². The van der Waals surface area contributed by atoms with Crippen LogP contribution in [0.25, 0.3) is 0 Å². The monoisotopic (exact) mass is 309 g/mol. The van der Waals surface area contributed by atoms with E-state index < -0.39 is 0 Å². The topological polar surface area (TPSA) is 58.4 Å². The van der Waals surface area contributed by atoms with E-state index in [-0.39, 0.29) is 11.9 Å². The Labute approximate surface area is 131 Å². The lowest BCUT2D eigenvalue weighted by Gasteiger charge is -2.32. The number of nitrogens with two attached hydrogens (primary N) is 1. The van der Waals surface area contributed by atoms with Gasteiger partial charge in [0.05, 0.1) is 6.04 Å². The molecule has 0 aromatic carbocycles. The zero-order valence-electron chi connectivity index (χ0n) is 13.3. The lowest BCUT2D eigenvalue weighted by Crippen LogP contribution is -2.48. The van der Waals surface area contributed by atoms with Crippen molar-refractivity contribution in [1.82, 2.24) is 10.2 Å². The van der Waals surface area contributed by atoms with Gasteiger partial charge in [0, 0.05) is 30.6 Å². The zero-order chi connectivity index (χ0) is 15.4. The summed E-state index contributed by atoms with van der Waals surface area (Å²) < 4.78 is 0. The maximum Gasteiger partial charge on any atom is 0.236 e. The van der Waals surface area contributed by atoms with E-state index in [4.69, 9.17) is 5.73 Å². The van der Waals surface area contributed by atoms with Crippen LogP contribution in [0.15, 0.2) is 11.4 Å². The average Bonchev–Trinajstić information content (AvgIpc) is 2.90. The third-order valence-corrected chi connectivity index (χ3v) is 5.12. The van der Waals surface area contributed by atoms with Crippen molar-refractivity contribution in [2.24, 2.45) is 11.7 Å². The number of nitrogens with zero attached hydrogens (tertiary/aromatic N) is 1. The minimum Gasteiger partial charge on any atom is -0.353 e. The first-order chi connectivity index (χ1) is 9.97. The van der Waals surface area contributed by atoms with E-state index in [1.165, 1.54) is 10.4 Å². The maximum absolute atomic E-state index is 12.0. The Morgan fingerprint density at radius 3 is 2.95 bits per heavy atom. The molecule has 118 valence electrons. The first-order valence-electron chi connectivity index (χ1n) is 7.80. The smallest absolute Gasteiger partial charge is 0.236 e. The molecule has 1 aliphatic rings. The molecule has 4 nitrogen and oxygen atoms in total. The number of thiophene rings is 1. The molecule has 1 aromatic rings. The molecule has 1 aliphatic heterocycles. The fourth-order valence-electron chi connectivity index (χ4n) is 2.77. The summed E-state index contributed by atoms with van der Waals surface area (Å²) in [5.74, 6) is 0.422. The molecular weight excluding hydrogens is 282 g/mol. The number of nitrogens with one attached hydrogen (secondary N) is 1. The molecule has 1 amide bonds. The molecule has 0 aliphatic carbocycles. The van der Waals surface area contributed by atoms with Crippen LogP contribution in [-0.4, -0.2) is 36.0 Å². The van der Waals surface area contributed by atoms with Crippen LogP contribution in [0.3, 0.4) is 0 Å². The van der Waals surface area contributed by atoms with Crippen molar-refractivity contribution >= 4 is 17.2 Å². The molecule has 1 aromatic heterocycles. The van der Waals surface area contributed by atoms with E-state index in [1.54, 1.807) is 0 Å². The third-order valence-electron chi connectivity index (χ3n) is 4.09. The Hall–Kier alpha value is -0.910. The number of hydrogen-bond donors (Lipinski definition) is 2. The van der Waals surface area contributed by atoms with E-state index >= 15 is 0 Å². The Balaban J connectivity index is 1.77. The quantitative estimate of drug-likeness (QED) is 0.845. The fraction of sp³-hybridized carbons (Fsp3) is 0.688. The number of rotatable bonds is 6. The van der Waals surface area contributed by atoms with Gasteiger partial charge in [-0.15, -0.1) is 11.3 Å². The van der Waals surface area contributed by atoms with Crippen molar-refractivity contribution in [2.45, 2.75) is 52.2 Å². The summed E-state index contributed by atoms with van der Waals surface area (Å²) in [4.78, 5) is 15.9. The fourth-order valence-corrected chi connectivity index (χ4v) is 3.66. The van der Waals surface area contributed by atoms with Gasteiger partial charge in [-0.1, -0.05) is 13.8 Å². The van der Waals surface area contributed by atoms with Crippen LogP contribution in [0.1, 0.15) is 37.6 Å². The first-order valence-corrected chi connectivity index (χ1v) is 8.68. The van der Waals surface area contributed by atoms with Crippen molar-refractivity contribution in [3.63, 3.8) is 0 Å². The van der Waals surface area contributed by atoms with Gasteiger partial charge in [0.15, 0.2) is 0 Å². The molecule has 2 heterocycles. The molecule has 21 heavy (non-hydrogen) atoms. The minimum atomic E-state index is -0.387. The van der Waals surface area contributed by atoms with E-state index in [1.807, 2.05) is 11.3 Å². The summed E-state index contributed by atoms with van der Waals surface area (Å²) in [6, 6.07) is 2.17. The third kappa shape index (κ3) is 4.53. The summed E-state index contributed by atoms with van der Waals surface area (Å²) in [6.45, 7) is 9.08. The van der Waals surface area contributed by atoms with E-state index in [9.17, 15) is 4.79 Å². The highest BCUT2D eigenvalue weighted by molar-refractivity contribution is 7.10. The molecular formula is C16H27N3OS. The molecule has 0 spiro atoms. The Morgan fingerprint density at radius 2 is 2.24 bits per heavy atom. The molecule has 0 fully saturated rings. The molecule has 0 saturated carbocycles. The van der Waals surface area contributed by atoms with Crippen LogP contribution in [0.5, 0.6) is 0 Å². The average molecular weight is 309 g/mol. The highest BCUT2D eigenvalue weighted by atomic mass is 32.1. The second-order valence-corrected chi connectivity index (χ2v) is 7.42. The van der Waals surface area contributed by atoms with E-state index in [2.05, 4.69) is 42.4 Å². The predicted octanol–water partition coefficient (Wildman–Crippen LogP) is 1.98. The molecule has 5 heteroatoms. The summed E-state index contributed by atoms with van der Waals surface area (Å²) in [5.41, 5.74) is 7.35. The maximum atomic E-state index is 12.0. The van der Waals surface area contributed by atoms with Gasteiger partial charge in [-0.3, -0.25) is 9.69 Å². The lowest BCUT2D eigenvalue weighted by atomic mass is 10.0. The van der Waals surface area contributed by atoms with Crippen LogP contribution < -0.4 is 11.1 Å². The van der Waals surface area contributed by atoms with Crippen molar-refractivity contribution < 1.29 is 4.79 Å². The van der Waals surface area contributed by atoms with Crippen molar-refractivity contribution in [3.8, 4) is 0 Å². The zero-order valence-corrected chi connectivity index (χ0v) is 14.1. The number of carbonyl (C=O) groups excluding carboxylic acids is 1. The second kappa shape index (κ2) is 7.38. The van der Waals surface area contributed by atoms with Gasteiger partial charge in [-0.25, -0.2) is 0 Å². The molecule has 0 saturated heterocycles. The van der Waals surface area contributed by atoms with Gasteiger partial charge in [0.2, 0.25) is 5.91 Å². The summed E-state index contributed by atoms with van der Waals surface area (Å²) >= 11 is 1.85. The van der Waals surface area contributed by atoms with Gasteiger partial charge in [0.1, 0.15) is 0 Å². The van der Waals surface area contributed by atoms with Gasteiger partial charge in [-0.2, -0.15) is 0 Å². The Kier molecular flexibility index (Phi) is 5.79. The number of hydrogen-bond acceptors (Lipinski definition) is 4. The highest BCUT2D eigenvalue weighted by Gasteiger charge is 2.22. The largest absolute Gasteiger partial charge is 0.353 e. The number of carbonyl (C=O) groups is 1. The van der Waals surface area contributed by atoms with Crippen molar-refractivity contribution in [3.05, 3.63) is 21.9 Å². The molecule has 2 rings (SSSR count). The molecule has 1 unspecified atom stereocenters. The molecule has 3 N–H and O–H groups in total. The first kappa shape index (κ1) is 16.5. The van der Waals surface area contributed by atoms with E-state index in [0.717, 1.165) is 25.9 Å². The number of amides is 1. The number of fused-ring (bicyclic) bond motifs is 1. The van der Waals surface area contributed by atoms with Crippen LogP contribution in [-0.2, 0) is 17.8 Å². The molecule has 0 radical (unpaired) electrons. The second-order valence-electron chi connectivity index (χ2n) is 6.42. The molecule has 0 bridgehead atoms. The Bertz CT molecular complexity index is 472. The van der Waals surface area contributed by atoms with Crippen LogP contribution in [0.4, 0.5) is 0 Å². The summed E-state index contributed by atoms with van der Waals surface area (Å²) in [6.07, 6.45) is 1.86.